The van der Waals surface area contributed by atoms with Gasteiger partial charge in [0.1, 0.15) is 0 Å². The summed E-state index contributed by atoms with van der Waals surface area (Å²) in [5.74, 6) is -0.0267. The summed E-state index contributed by atoms with van der Waals surface area (Å²) < 4.78 is 26.5. The lowest BCUT2D eigenvalue weighted by Crippen LogP contribution is -2.50. The van der Waals surface area contributed by atoms with Crippen molar-refractivity contribution in [3.05, 3.63) is 77.2 Å². The molecule has 1 fully saturated rings. The summed E-state index contributed by atoms with van der Waals surface area (Å²) in [5.41, 5.74) is 2.04. The highest BCUT2D eigenvalue weighted by Gasteiger charge is 2.25. The molecule has 154 valence electrons. The van der Waals surface area contributed by atoms with Gasteiger partial charge in [-0.1, -0.05) is 60.7 Å². The van der Waals surface area contributed by atoms with Crippen LogP contribution < -0.4 is 5.32 Å². The van der Waals surface area contributed by atoms with Gasteiger partial charge in [0.2, 0.25) is 15.9 Å². The van der Waals surface area contributed by atoms with E-state index in [0.717, 1.165) is 12.0 Å². The number of hydrogen-bond acceptors (Lipinski definition) is 4. The largest absolute Gasteiger partial charge is 0.355 e. The second-order valence-corrected chi connectivity index (χ2v) is 8.84. The number of sulfonamides is 1. The third-order valence-corrected chi connectivity index (χ3v) is 6.43. The summed E-state index contributed by atoms with van der Waals surface area (Å²) in [6.45, 7) is 2.76. The van der Waals surface area contributed by atoms with Crippen molar-refractivity contribution in [2.45, 2.75) is 6.42 Å². The summed E-state index contributed by atoms with van der Waals surface area (Å²) in [7, 11) is -3.45. The van der Waals surface area contributed by atoms with Gasteiger partial charge in [-0.15, -0.1) is 0 Å². The summed E-state index contributed by atoms with van der Waals surface area (Å²) >= 11 is 0. The normalized spacial score (nSPS) is 16.1. The lowest BCUT2D eigenvalue weighted by Gasteiger charge is -2.32. The molecule has 0 bridgehead atoms. The molecule has 0 aliphatic carbocycles. The number of nitrogens with zero attached hydrogens (tertiary/aromatic N) is 2. The second kappa shape index (κ2) is 10.3. The molecule has 0 spiro atoms. The SMILES string of the molecule is O=C(CN1CCN(S(=O)(=O)/C=C/c2ccccc2)CC1)NCCc1ccccc1. The Hall–Kier alpha value is -2.48. The van der Waals surface area contributed by atoms with Crippen LogP contribution in [0.3, 0.4) is 0 Å². The highest BCUT2D eigenvalue weighted by molar-refractivity contribution is 7.92. The topological polar surface area (TPSA) is 69.7 Å². The second-order valence-electron chi connectivity index (χ2n) is 7.02. The standard InChI is InChI=1S/C22H27N3O3S/c26-22(23-13-11-20-7-3-1-4-8-20)19-24-14-16-25(17-15-24)29(27,28)18-12-21-9-5-2-6-10-21/h1-10,12,18H,11,13-17,19H2,(H,23,26)/b18-12+. The van der Waals surface area contributed by atoms with E-state index in [1.165, 1.54) is 15.3 Å². The third kappa shape index (κ3) is 6.81. The van der Waals surface area contributed by atoms with Crippen LogP contribution in [0.5, 0.6) is 0 Å². The molecule has 1 aliphatic rings. The Morgan fingerprint density at radius 1 is 0.931 bits per heavy atom. The van der Waals surface area contributed by atoms with Gasteiger partial charge in [0.25, 0.3) is 0 Å². The van der Waals surface area contributed by atoms with Crippen LogP contribution in [0.2, 0.25) is 0 Å². The number of rotatable bonds is 8. The van der Waals surface area contributed by atoms with Crippen LogP contribution in [0, 0.1) is 0 Å². The Balaban J connectivity index is 1.40. The van der Waals surface area contributed by atoms with E-state index >= 15 is 0 Å². The van der Waals surface area contributed by atoms with Gasteiger partial charge in [-0.05, 0) is 23.6 Å². The van der Waals surface area contributed by atoms with Gasteiger partial charge in [-0.2, -0.15) is 4.31 Å². The van der Waals surface area contributed by atoms with Gasteiger partial charge < -0.3 is 5.32 Å². The van der Waals surface area contributed by atoms with Crippen molar-refractivity contribution in [3.8, 4) is 0 Å². The van der Waals surface area contributed by atoms with Gasteiger partial charge in [0.05, 0.1) is 6.54 Å². The van der Waals surface area contributed by atoms with Crippen LogP contribution >= 0.6 is 0 Å². The fraction of sp³-hybridized carbons (Fsp3) is 0.318. The van der Waals surface area contributed by atoms with E-state index in [1.807, 2.05) is 65.6 Å². The molecule has 7 heteroatoms. The molecule has 0 atom stereocenters. The van der Waals surface area contributed by atoms with E-state index in [2.05, 4.69) is 5.32 Å². The predicted molar refractivity (Wildman–Crippen MR) is 116 cm³/mol. The van der Waals surface area contributed by atoms with Crippen molar-refractivity contribution in [3.63, 3.8) is 0 Å². The molecule has 1 aliphatic heterocycles. The molecule has 1 saturated heterocycles. The van der Waals surface area contributed by atoms with Gasteiger partial charge in [0, 0.05) is 38.1 Å². The lowest BCUT2D eigenvalue weighted by atomic mass is 10.1. The number of carbonyl (C=O) groups is 1. The highest BCUT2D eigenvalue weighted by Crippen LogP contribution is 2.11. The minimum Gasteiger partial charge on any atom is -0.355 e. The molecular formula is C22H27N3O3S. The minimum absolute atomic E-state index is 0.0267. The quantitative estimate of drug-likeness (QED) is 0.718. The fourth-order valence-corrected chi connectivity index (χ4v) is 4.38. The van der Waals surface area contributed by atoms with Crippen molar-refractivity contribution < 1.29 is 13.2 Å². The van der Waals surface area contributed by atoms with E-state index in [9.17, 15) is 13.2 Å². The maximum absolute atomic E-state index is 12.5. The Labute approximate surface area is 172 Å². The van der Waals surface area contributed by atoms with Crippen molar-refractivity contribution in [2.75, 3.05) is 39.3 Å². The molecule has 0 unspecified atom stereocenters. The monoisotopic (exact) mass is 413 g/mol. The average Bonchev–Trinajstić information content (AvgIpc) is 2.74. The first-order valence-corrected chi connectivity index (χ1v) is 11.3. The van der Waals surface area contributed by atoms with Crippen LogP contribution in [-0.4, -0.2) is 62.8 Å². The van der Waals surface area contributed by atoms with Gasteiger partial charge >= 0.3 is 0 Å². The van der Waals surface area contributed by atoms with Crippen molar-refractivity contribution in [1.29, 1.82) is 0 Å². The molecule has 0 radical (unpaired) electrons. The first-order valence-electron chi connectivity index (χ1n) is 9.79. The Morgan fingerprint density at radius 3 is 2.21 bits per heavy atom. The molecule has 0 saturated carbocycles. The Bertz CT molecular complexity index is 907. The molecule has 6 nitrogen and oxygen atoms in total. The number of carbonyl (C=O) groups excluding carboxylic acids is 1. The number of nitrogens with one attached hydrogen (secondary N) is 1. The van der Waals surface area contributed by atoms with Crippen LogP contribution in [0.15, 0.2) is 66.1 Å². The molecular weight excluding hydrogens is 386 g/mol. The van der Waals surface area contributed by atoms with Crippen LogP contribution in [0.4, 0.5) is 0 Å². The maximum atomic E-state index is 12.5. The molecule has 0 aromatic heterocycles. The van der Waals surface area contributed by atoms with E-state index in [-0.39, 0.29) is 5.91 Å². The van der Waals surface area contributed by atoms with Crippen LogP contribution in [0.25, 0.3) is 6.08 Å². The van der Waals surface area contributed by atoms with Crippen molar-refractivity contribution in [2.24, 2.45) is 0 Å². The zero-order valence-electron chi connectivity index (χ0n) is 16.4. The Morgan fingerprint density at radius 2 is 1.55 bits per heavy atom. The summed E-state index contributed by atoms with van der Waals surface area (Å²) in [4.78, 5) is 14.1. The first kappa shape index (κ1) is 21.2. The van der Waals surface area contributed by atoms with Crippen LogP contribution in [0.1, 0.15) is 11.1 Å². The summed E-state index contributed by atoms with van der Waals surface area (Å²) in [6, 6.07) is 19.4. The summed E-state index contributed by atoms with van der Waals surface area (Å²) in [6.07, 6.45) is 2.41. The number of amides is 1. The lowest BCUT2D eigenvalue weighted by molar-refractivity contribution is -0.122. The van der Waals surface area contributed by atoms with E-state index in [4.69, 9.17) is 0 Å². The number of piperazine rings is 1. The van der Waals surface area contributed by atoms with Gasteiger partial charge in [-0.3, -0.25) is 9.69 Å². The number of benzene rings is 2. The fourth-order valence-electron chi connectivity index (χ4n) is 3.21. The predicted octanol–water partition coefficient (Wildman–Crippen LogP) is 1.96. The molecule has 2 aromatic carbocycles. The smallest absolute Gasteiger partial charge is 0.236 e. The van der Waals surface area contributed by atoms with Gasteiger partial charge in [0.15, 0.2) is 0 Å². The number of hydrogen-bond donors (Lipinski definition) is 1. The molecule has 2 aromatic rings. The van der Waals surface area contributed by atoms with E-state index in [1.54, 1.807) is 6.08 Å². The zero-order chi connectivity index (χ0) is 20.5. The van der Waals surface area contributed by atoms with Gasteiger partial charge in [-0.25, -0.2) is 8.42 Å². The molecule has 3 rings (SSSR count). The van der Waals surface area contributed by atoms with Crippen molar-refractivity contribution in [1.82, 2.24) is 14.5 Å². The van der Waals surface area contributed by atoms with Crippen LogP contribution in [-0.2, 0) is 21.2 Å². The van der Waals surface area contributed by atoms with E-state index < -0.39 is 10.0 Å². The van der Waals surface area contributed by atoms with Crippen molar-refractivity contribution >= 4 is 22.0 Å². The minimum atomic E-state index is -3.45. The molecule has 1 heterocycles. The zero-order valence-corrected chi connectivity index (χ0v) is 17.2. The van der Waals surface area contributed by atoms with E-state index in [0.29, 0.717) is 39.3 Å². The average molecular weight is 414 g/mol. The molecule has 1 N–H and O–H groups in total. The first-order chi connectivity index (χ1) is 14.0. The third-order valence-electron chi connectivity index (χ3n) is 4.87. The maximum Gasteiger partial charge on any atom is 0.236 e. The summed E-state index contributed by atoms with van der Waals surface area (Å²) in [5, 5.41) is 4.19. The molecule has 29 heavy (non-hydrogen) atoms. The molecule has 1 amide bonds. The Kier molecular flexibility index (Phi) is 7.57. The highest BCUT2D eigenvalue weighted by atomic mass is 32.2.